The first-order chi connectivity index (χ1) is 21.3. The molecule has 0 radical (unpaired) electrons. The highest BCUT2D eigenvalue weighted by molar-refractivity contribution is 6.10. The van der Waals surface area contributed by atoms with E-state index in [9.17, 15) is 0 Å². The van der Waals surface area contributed by atoms with Gasteiger partial charge in [0.05, 0.1) is 22.2 Å². The second kappa shape index (κ2) is 9.33. The Morgan fingerprint density at radius 1 is 0.465 bits per heavy atom. The molecule has 6 aromatic carbocycles. The summed E-state index contributed by atoms with van der Waals surface area (Å²) in [5, 5.41) is 2.39. The van der Waals surface area contributed by atoms with E-state index in [1.54, 1.807) is 0 Å². The summed E-state index contributed by atoms with van der Waals surface area (Å²) in [5.41, 5.74) is 11.8. The quantitative estimate of drug-likeness (QED) is 0.218. The van der Waals surface area contributed by atoms with E-state index in [0.717, 1.165) is 44.8 Å². The Morgan fingerprint density at radius 3 is 1.98 bits per heavy atom. The van der Waals surface area contributed by atoms with Crippen molar-refractivity contribution in [2.75, 3.05) is 0 Å². The molecule has 0 atom stereocenters. The Bertz CT molecular complexity index is 2450. The summed E-state index contributed by atoms with van der Waals surface area (Å²) in [6.45, 7) is 0. The topological polar surface area (TPSA) is 35.4 Å². The minimum absolute atomic E-state index is 0.593. The van der Waals surface area contributed by atoms with Crippen molar-refractivity contribution in [1.82, 2.24) is 14.0 Å². The zero-order chi connectivity index (χ0) is 28.3. The van der Waals surface area contributed by atoms with E-state index in [2.05, 4.69) is 136 Å². The standard InChI is InChI=1S/C39H25N3O/c1-3-12-26(13-4-1)28-16-11-17-30(24-28)41-33-19-8-7-18-31(33)32-25-29(22-23-34(32)41)37-38(27-14-5-2-6-15-27)42-35-20-9-10-21-36(35)43-39(42)40-37/h1-25H. The van der Waals surface area contributed by atoms with Gasteiger partial charge >= 0.3 is 5.84 Å². The van der Waals surface area contributed by atoms with Crippen LogP contribution in [0.4, 0.5) is 0 Å². The number of fused-ring (bicyclic) bond motifs is 6. The Hall–Kier alpha value is -5.87. The normalized spacial score (nSPS) is 11.7. The monoisotopic (exact) mass is 551 g/mol. The van der Waals surface area contributed by atoms with Crippen molar-refractivity contribution in [2.45, 2.75) is 0 Å². The minimum atomic E-state index is 0.593. The zero-order valence-corrected chi connectivity index (χ0v) is 23.2. The minimum Gasteiger partial charge on any atom is -0.423 e. The predicted octanol–water partition coefficient (Wildman–Crippen LogP) is 10.2. The van der Waals surface area contributed by atoms with Gasteiger partial charge in [-0.2, -0.15) is 4.98 Å². The highest BCUT2D eigenvalue weighted by Crippen LogP contribution is 2.40. The molecule has 4 nitrogen and oxygen atoms in total. The number of aromatic nitrogens is 3. The molecule has 4 heteroatoms. The molecule has 202 valence electrons. The van der Waals surface area contributed by atoms with Crippen LogP contribution in [0.25, 0.3) is 78.1 Å². The first kappa shape index (κ1) is 23.8. The third kappa shape index (κ3) is 3.67. The Balaban J connectivity index is 1.29. The molecule has 0 aliphatic carbocycles. The van der Waals surface area contributed by atoms with Gasteiger partial charge in [0.25, 0.3) is 0 Å². The maximum absolute atomic E-state index is 6.23. The van der Waals surface area contributed by atoms with Crippen LogP contribution < -0.4 is 0 Å². The second-order valence-corrected chi connectivity index (χ2v) is 10.9. The van der Waals surface area contributed by atoms with Gasteiger partial charge < -0.3 is 8.98 Å². The number of nitrogens with zero attached hydrogens (tertiary/aromatic N) is 3. The summed E-state index contributed by atoms with van der Waals surface area (Å²) < 4.78 is 10.7. The molecule has 0 fully saturated rings. The molecule has 0 aliphatic heterocycles. The van der Waals surface area contributed by atoms with Crippen LogP contribution in [0.3, 0.4) is 0 Å². The van der Waals surface area contributed by atoms with E-state index in [-0.39, 0.29) is 0 Å². The van der Waals surface area contributed by atoms with Crippen molar-refractivity contribution in [3.05, 3.63) is 152 Å². The largest absolute Gasteiger partial charge is 0.423 e. The molecule has 43 heavy (non-hydrogen) atoms. The fraction of sp³-hybridized carbons (Fsp3) is 0. The van der Waals surface area contributed by atoms with E-state index in [4.69, 9.17) is 9.40 Å². The fourth-order valence-electron chi connectivity index (χ4n) is 6.44. The maximum atomic E-state index is 6.23. The van der Waals surface area contributed by atoms with Crippen LogP contribution in [-0.4, -0.2) is 14.0 Å². The van der Waals surface area contributed by atoms with E-state index in [1.807, 2.05) is 24.3 Å². The molecule has 0 unspecified atom stereocenters. The zero-order valence-electron chi connectivity index (χ0n) is 23.2. The average molecular weight is 552 g/mol. The van der Waals surface area contributed by atoms with Crippen LogP contribution in [0.2, 0.25) is 0 Å². The number of hydrogen-bond acceptors (Lipinski definition) is 2. The Labute approximate surface area is 247 Å². The number of rotatable bonds is 4. The Morgan fingerprint density at radius 2 is 1.14 bits per heavy atom. The molecule has 3 heterocycles. The van der Waals surface area contributed by atoms with Crippen molar-refractivity contribution in [2.24, 2.45) is 0 Å². The lowest BCUT2D eigenvalue weighted by atomic mass is 10.0. The summed E-state index contributed by atoms with van der Waals surface area (Å²) in [6, 6.07) is 53.3. The van der Waals surface area contributed by atoms with Gasteiger partial charge in [0.15, 0.2) is 5.58 Å². The van der Waals surface area contributed by atoms with Crippen molar-refractivity contribution >= 4 is 38.7 Å². The van der Waals surface area contributed by atoms with E-state index < -0.39 is 0 Å². The van der Waals surface area contributed by atoms with Crippen molar-refractivity contribution in [3.63, 3.8) is 0 Å². The van der Waals surface area contributed by atoms with Gasteiger partial charge in [-0.25, -0.2) is 0 Å². The lowest BCUT2D eigenvalue weighted by Gasteiger charge is -2.11. The molecular formula is C39H25N3O. The molecule has 3 aromatic heterocycles. The molecule has 0 spiro atoms. The van der Waals surface area contributed by atoms with Gasteiger partial charge in [0, 0.05) is 27.6 Å². The summed E-state index contributed by atoms with van der Waals surface area (Å²) in [7, 11) is 0. The molecule has 9 rings (SSSR count). The van der Waals surface area contributed by atoms with Gasteiger partial charge in [0.1, 0.15) is 5.69 Å². The number of oxazole rings is 1. The first-order valence-corrected chi connectivity index (χ1v) is 14.5. The predicted molar refractivity (Wildman–Crippen MR) is 176 cm³/mol. The third-order valence-electron chi connectivity index (χ3n) is 8.36. The third-order valence-corrected chi connectivity index (χ3v) is 8.36. The molecule has 0 saturated carbocycles. The molecule has 0 saturated heterocycles. The highest BCUT2D eigenvalue weighted by Gasteiger charge is 2.22. The van der Waals surface area contributed by atoms with Gasteiger partial charge in [0.2, 0.25) is 0 Å². The van der Waals surface area contributed by atoms with Crippen LogP contribution in [0.1, 0.15) is 0 Å². The molecular weight excluding hydrogens is 526 g/mol. The molecule has 0 bridgehead atoms. The van der Waals surface area contributed by atoms with Gasteiger partial charge in [-0.1, -0.05) is 109 Å². The summed E-state index contributed by atoms with van der Waals surface area (Å²) in [5.74, 6) is 0.593. The van der Waals surface area contributed by atoms with E-state index >= 15 is 0 Å². The number of imidazole rings is 1. The highest BCUT2D eigenvalue weighted by atomic mass is 16.4. The van der Waals surface area contributed by atoms with Crippen LogP contribution in [0.15, 0.2) is 156 Å². The first-order valence-electron chi connectivity index (χ1n) is 14.5. The summed E-state index contributed by atoms with van der Waals surface area (Å²) in [4.78, 5) is 5.08. The molecule has 0 amide bonds. The second-order valence-electron chi connectivity index (χ2n) is 10.9. The van der Waals surface area contributed by atoms with Gasteiger partial charge in [-0.15, -0.1) is 0 Å². The fourth-order valence-corrected chi connectivity index (χ4v) is 6.44. The van der Waals surface area contributed by atoms with Crippen molar-refractivity contribution < 1.29 is 4.42 Å². The van der Waals surface area contributed by atoms with E-state index in [0.29, 0.717) is 5.84 Å². The number of hydrogen-bond donors (Lipinski definition) is 0. The van der Waals surface area contributed by atoms with E-state index in [1.165, 1.54) is 27.4 Å². The van der Waals surface area contributed by atoms with Crippen LogP contribution in [0.5, 0.6) is 0 Å². The van der Waals surface area contributed by atoms with Gasteiger partial charge in [-0.3, -0.25) is 4.40 Å². The lowest BCUT2D eigenvalue weighted by Crippen LogP contribution is -1.94. The van der Waals surface area contributed by atoms with Crippen molar-refractivity contribution in [3.8, 4) is 39.3 Å². The Kier molecular flexibility index (Phi) is 5.16. The van der Waals surface area contributed by atoms with Gasteiger partial charge in [-0.05, 0) is 53.6 Å². The van der Waals surface area contributed by atoms with Crippen LogP contribution >= 0.6 is 0 Å². The maximum Gasteiger partial charge on any atom is 0.307 e. The smallest absolute Gasteiger partial charge is 0.307 e. The molecule has 9 aromatic rings. The molecule has 0 N–H and O–H groups in total. The molecule has 0 aliphatic rings. The van der Waals surface area contributed by atoms with Crippen molar-refractivity contribution in [1.29, 1.82) is 0 Å². The summed E-state index contributed by atoms with van der Waals surface area (Å²) >= 11 is 0. The SMILES string of the molecule is c1ccc(-c2cccc(-n3c4ccccc4c4cc(-c5nc6oc7ccccc7n6c5-c5ccccc5)ccc43)c2)cc1. The lowest BCUT2D eigenvalue weighted by molar-refractivity contribution is 0.642. The average Bonchev–Trinajstić information content (AvgIpc) is 3.73. The van der Waals surface area contributed by atoms with Crippen LogP contribution in [-0.2, 0) is 0 Å². The summed E-state index contributed by atoms with van der Waals surface area (Å²) in [6.07, 6.45) is 0. The van der Waals surface area contributed by atoms with Crippen LogP contribution in [0, 0.1) is 0 Å². The number of para-hydroxylation sites is 3. The number of benzene rings is 6.